The molecular formula is C11H10ClN3O4S. The number of nitrogens with one attached hydrogen (secondary N) is 1. The number of benzene rings is 1. The van der Waals surface area contributed by atoms with Gasteiger partial charge in [0.25, 0.3) is 5.56 Å². The maximum Gasteiger partial charge on any atom is 0.328 e. The zero-order valence-electron chi connectivity index (χ0n) is 10.0. The van der Waals surface area contributed by atoms with Crippen LogP contribution in [0.2, 0.25) is 5.02 Å². The van der Waals surface area contributed by atoms with Crippen molar-refractivity contribution < 1.29 is 8.42 Å². The fourth-order valence-electron chi connectivity index (χ4n) is 1.64. The lowest BCUT2D eigenvalue weighted by Gasteiger charge is -2.07. The smallest absolute Gasteiger partial charge is 0.295 e. The molecule has 0 unspecified atom stereocenters. The van der Waals surface area contributed by atoms with Crippen LogP contribution in [0, 0.1) is 0 Å². The highest BCUT2D eigenvalue weighted by Gasteiger charge is 2.15. The molecule has 0 aliphatic heterocycles. The highest BCUT2D eigenvalue weighted by molar-refractivity contribution is 7.89. The van der Waals surface area contributed by atoms with Crippen LogP contribution in [0.4, 0.5) is 0 Å². The van der Waals surface area contributed by atoms with E-state index in [0.29, 0.717) is 10.6 Å². The Morgan fingerprint density at radius 2 is 2.00 bits per heavy atom. The van der Waals surface area contributed by atoms with Crippen LogP contribution in [0.25, 0.3) is 0 Å². The number of rotatable bonds is 3. The Morgan fingerprint density at radius 3 is 2.60 bits per heavy atom. The summed E-state index contributed by atoms with van der Waals surface area (Å²) in [7, 11) is -4.20. The minimum Gasteiger partial charge on any atom is -0.295 e. The predicted molar refractivity (Wildman–Crippen MR) is 73.2 cm³/mol. The summed E-state index contributed by atoms with van der Waals surface area (Å²) in [6.07, 6.45) is 0.914. The minimum absolute atomic E-state index is 0.0543. The molecule has 0 spiro atoms. The Hall–Kier alpha value is -1.90. The van der Waals surface area contributed by atoms with Gasteiger partial charge in [0.1, 0.15) is 0 Å². The summed E-state index contributed by atoms with van der Waals surface area (Å²) < 4.78 is 23.5. The van der Waals surface area contributed by atoms with Gasteiger partial charge in [0.2, 0.25) is 10.0 Å². The Morgan fingerprint density at radius 1 is 1.30 bits per heavy atom. The largest absolute Gasteiger partial charge is 0.328 e. The maximum atomic E-state index is 11.6. The molecule has 0 saturated heterocycles. The van der Waals surface area contributed by atoms with Crippen molar-refractivity contribution in [3.8, 4) is 0 Å². The number of hydrogen-bond acceptors (Lipinski definition) is 4. The van der Waals surface area contributed by atoms with Crippen LogP contribution >= 0.6 is 11.6 Å². The Kier molecular flexibility index (Phi) is 3.80. The highest BCUT2D eigenvalue weighted by atomic mass is 35.5. The summed E-state index contributed by atoms with van der Waals surface area (Å²) in [5.74, 6) is 0. The van der Waals surface area contributed by atoms with Crippen LogP contribution in [0.3, 0.4) is 0 Å². The lowest BCUT2D eigenvalue weighted by molar-refractivity contribution is 0.591. The fraction of sp³-hybridized carbons (Fsp3) is 0.0909. The number of nitrogens with zero attached hydrogens (tertiary/aromatic N) is 1. The first-order chi connectivity index (χ1) is 9.27. The van der Waals surface area contributed by atoms with E-state index in [2.05, 4.69) is 0 Å². The Labute approximate surface area is 118 Å². The Balaban J connectivity index is 2.53. The van der Waals surface area contributed by atoms with Gasteiger partial charge >= 0.3 is 5.69 Å². The highest BCUT2D eigenvalue weighted by Crippen LogP contribution is 2.11. The molecule has 0 radical (unpaired) electrons. The zero-order valence-corrected chi connectivity index (χ0v) is 11.6. The quantitative estimate of drug-likeness (QED) is 0.822. The van der Waals surface area contributed by atoms with Crippen LogP contribution in [-0.4, -0.2) is 18.0 Å². The van der Waals surface area contributed by atoms with Crippen LogP contribution in [0.15, 0.2) is 44.9 Å². The number of H-pyrrole nitrogens is 1. The van der Waals surface area contributed by atoms with E-state index in [1.165, 1.54) is 0 Å². The van der Waals surface area contributed by atoms with Gasteiger partial charge < -0.3 is 0 Å². The average molecular weight is 316 g/mol. The van der Waals surface area contributed by atoms with E-state index in [9.17, 15) is 18.0 Å². The molecule has 3 N–H and O–H groups in total. The minimum atomic E-state index is -4.20. The summed E-state index contributed by atoms with van der Waals surface area (Å²) in [6, 6.07) is 6.68. The Bertz CT molecular complexity index is 870. The summed E-state index contributed by atoms with van der Waals surface area (Å²) in [5.41, 5.74) is -1.10. The molecule has 7 nitrogen and oxygen atoms in total. The number of sulfonamides is 1. The normalized spacial score (nSPS) is 11.5. The van der Waals surface area contributed by atoms with Crippen LogP contribution in [0.5, 0.6) is 0 Å². The van der Waals surface area contributed by atoms with Gasteiger partial charge in [-0.3, -0.25) is 14.3 Å². The molecule has 0 aliphatic rings. The summed E-state index contributed by atoms with van der Waals surface area (Å²) in [6.45, 7) is 0.0543. The lowest BCUT2D eigenvalue weighted by atomic mass is 10.2. The van der Waals surface area contributed by atoms with Gasteiger partial charge in [-0.1, -0.05) is 23.7 Å². The number of primary sulfonamides is 1. The number of aromatic amines is 1. The van der Waals surface area contributed by atoms with Crippen molar-refractivity contribution in [3.05, 3.63) is 61.9 Å². The second-order valence-electron chi connectivity index (χ2n) is 4.06. The molecule has 0 bridgehead atoms. The standard InChI is InChI=1S/C11H10ClN3O4S/c12-8-3-1-2-7(4-8)5-15-6-9(20(13,18)19)10(16)14-11(15)17/h1-4,6H,5H2,(H2,13,18,19)(H,14,16,17). The van der Waals surface area contributed by atoms with E-state index in [4.69, 9.17) is 16.7 Å². The molecule has 1 aromatic heterocycles. The summed E-state index contributed by atoms with van der Waals surface area (Å²) in [5, 5.41) is 5.39. The number of hydrogen-bond donors (Lipinski definition) is 2. The third kappa shape index (κ3) is 3.16. The molecule has 106 valence electrons. The third-order valence-corrected chi connectivity index (χ3v) is 3.67. The van der Waals surface area contributed by atoms with Gasteiger partial charge in [-0.05, 0) is 17.7 Å². The molecule has 0 fully saturated rings. The van der Waals surface area contributed by atoms with Crippen LogP contribution in [-0.2, 0) is 16.6 Å². The van der Waals surface area contributed by atoms with Crippen molar-refractivity contribution in [2.75, 3.05) is 0 Å². The van der Waals surface area contributed by atoms with E-state index in [0.717, 1.165) is 10.8 Å². The lowest BCUT2D eigenvalue weighted by Crippen LogP contribution is -2.34. The zero-order chi connectivity index (χ0) is 14.9. The van der Waals surface area contributed by atoms with E-state index < -0.39 is 26.2 Å². The summed E-state index contributed by atoms with van der Waals surface area (Å²) in [4.78, 5) is 24.3. The molecule has 0 amide bonds. The van der Waals surface area contributed by atoms with Crippen molar-refractivity contribution in [1.29, 1.82) is 0 Å². The van der Waals surface area contributed by atoms with Crippen LogP contribution < -0.4 is 16.4 Å². The van der Waals surface area contributed by atoms with E-state index in [1.54, 1.807) is 24.3 Å². The number of aromatic nitrogens is 2. The molecule has 0 aliphatic carbocycles. The van der Waals surface area contributed by atoms with Gasteiger partial charge in [-0.25, -0.2) is 18.4 Å². The third-order valence-electron chi connectivity index (χ3n) is 2.53. The first-order valence-corrected chi connectivity index (χ1v) is 7.31. The molecule has 2 rings (SSSR count). The van der Waals surface area contributed by atoms with Crippen molar-refractivity contribution >= 4 is 21.6 Å². The topological polar surface area (TPSA) is 115 Å². The second-order valence-corrected chi connectivity index (χ2v) is 6.02. The summed E-state index contributed by atoms with van der Waals surface area (Å²) >= 11 is 5.82. The number of halogens is 1. The SMILES string of the molecule is NS(=O)(=O)c1cn(Cc2cccc(Cl)c2)c(=O)[nH]c1=O. The van der Waals surface area contributed by atoms with E-state index in [-0.39, 0.29) is 6.54 Å². The first-order valence-electron chi connectivity index (χ1n) is 5.38. The molecule has 9 heteroatoms. The molecule has 1 aromatic carbocycles. The molecule has 2 aromatic rings. The maximum absolute atomic E-state index is 11.6. The van der Waals surface area contributed by atoms with Crippen molar-refractivity contribution in [2.24, 2.45) is 5.14 Å². The molecule has 0 atom stereocenters. The van der Waals surface area contributed by atoms with Gasteiger partial charge in [-0.2, -0.15) is 0 Å². The molecule has 1 heterocycles. The fourth-order valence-corrected chi connectivity index (χ4v) is 2.44. The van der Waals surface area contributed by atoms with Crippen molar-refractivity contribution in [2.45, 2.75) is 11.4 Å². The van der Waals surface area contributed by atoms with Gasteiger partial charge in [0.05, 0.1) is 6.54 Å². The molecular weight excluding hydrogens is 306 g/mol. The van der Waals surface area contributed by atoms with Crippen LogP contribution in [0.1, 0.15) is 5.56 Å². The van der Waals surface area contributed by atoms with E-state index in [1.807, 2.05) is 4.98 Å². The predicted octanol–water partition coefficient (Wildman–Crippen LogP) is -0.114. The first kappa shape index (κ1) is 14.5. The van der Waals surface area contributed by atoms with Gasteiger partial charge in [-0.15, -0.1) is 0 Å². The molecule has 0 saturated carbocycles. The van der Waals surface area contributed by atoms with E-state index >= 15 is 0 Å². The second kappa shape index (κ2) is 5.23. The van der Waals surface area contributed by atoms with Gasteiger partial charge in [0.15, 0.2) is 4.90 Å². The monoisotopic (exact) mass is 315 g/mol. The van der Waals surface area contributed by atoms with Gasteiger partial charge in [0, 0.05) is 11.2 Å². The molecule has 20 heavy (non-hydrogen) atoms. The average Bonchev–Trinajstić information content (AvgIpc) is 2.31. The van der Waals surface area contributed by atoms with Crippen molar-refractivity contribution in [1.82, 2.24) is 9.55 Å². The number of nitrogens with two attached hydrogens (primary N) is 1. The van der Waals surface area contributed by atoms with Crippen molar-refractivity contribution in [3.63, 3.8) is 0 Å².